The van der Waals surface area contributed by atoms with Crippen LogP contribution in [0.5, 0.6) is 5.75 Å². The molecule has 3 aromatic rings. The zero-order valence-corrected chi connectivity index (χ0v) is 15.7. The van der Waals surface area contributed by atoms with Crippen LogP contribution in [0, 0.1) is 6.92 Å². The van der Waals surface area contributed by atoms with Crippen molar-refractivity contribution in [2.45, 2.75) is 33.2 Å². The topological polar surface area (TPSA) is 68.5 Å². The van der Waals surface area contributed by atoms with Crippen molar-refractivity contribution < 1.29 is 13.9 Å². The molecule has 0 aliphatic heterocycles. The third-order valence-electron chi connectivity index (χ3n) is 4.49. The van der Waals surface area contributed by atoms with E-state index in [1.54, 1.807) is 25.1 Å². The van der Waals surface area contributed by atoms with Crippen LogP contribution >= 0.6 is 0 Å². The van der Waals surface area contributed by atoms with E-state index in [4.69, 9.17) is 9.15 Å². The van der Waals surface area contributed by atoms with Crippen molar-refractivity contribution >= 4 is 16.9 Å². The van der Waals surface area contributed by atoms with Gasteiger partial charge in [0.25, 0.3) is 5.91 Å². The Morgan fingerprint density at radius 2 is 1.93 bits per heavy atom. The fourth-order valence-electron chi connectivity index (χ4n) is 2.88. The molecule has 27 heavy (non-hydrogen) atoms. The predicted octanol–water partition coefficient (Wildman–Crippen LogP) is 4.06. The van der Waals surface area contributed by atoms with Crippen molar-refractivity contribution in [2.75, 3.05) is 6.61 Å². The SMILES string of the molecule is CC[C@H](C)NC(=O)COc1ccc2c(=O)c(-c3ccccc3)c(C)oc2c1. The summed E-state index contributed by atoms with van der Waals surface area (Å²) in [6, 6.07) is 14.6. The first-order valence-electron chi connectivity index (χ1n) is 9.04. The molecule has 1 amide bonds. The standard InChI is InChI=1S/C22H23NO4/c1-4-14(2)23-20(24)13-26-17-10-11-18-19(12-17)27-15(3)21(22(18)25)16-8-6-5-7-9-16/h5-12,14H,4,13H2,1-3H3,(H,23,24)/t14-/m0/s1. The van der Waals surface area contributed by atoms with Crippen molar-refractivity contribution in [1.82, 2.24) is 5.32 Å². The molecular weight excluding hydrogens is 342 g/mol. The first kappa shape index (κ1) is 18.7. The maximum absolute atomic E-state index is 12.9. The van der Waals surface area contributed by atoms with Crippen LogP contribution in [0.15, 0.2) is 57.7 Å². The quantitative estimate of drug-likeness (QED) is 0.715. The van der Waals surface area contributed by atoms with Gasteiger partial charge in [0.2, 0.25) is 5.43 Å². The maximum atomic E-state index is 12.9. The Morgan fingerprint density at radius 3 is 2.63 bits per heavy atom. The molecule has 0 spiro atoms. The van der Waals surface area contributed by atoms with Crippen LogP contribution in [0.4, 0.5) is 0 Å². The third kappa shape index (κ3) is 4.19. The fourth-order valence-corrected chi connectivity index (χ4v) is 2.88. The minimum Gasteiger partial charge on any atom is -0.484 e. The molecule has 0 unspecified atom stereocenters. The van der Waals surface area contributed by atoms with Gasteiger partial charge in [0.05, 0.1) is 10.9 Å². The smallest absolute Gasteiger partial charge is 0.258 e. The van der Waals surface area contributed by atoms with Crippen LogP contribution < -0.4 is 15.5 Å². The van der Waals surface area contributed by atoms with Crippen molar-refractivity contribution in [1.29, 1.82) is 0 Å². The van der Waals surface area contributed by atoms with Gasteiger partial charge in [-0.05, 0) is 38.0 Å². The van der Waals surface area contributed by atoms with E-state index in [0.29, 0.717) is 28.0 Å². The van der Waals surface area contributed by atoms with E-state index in [2.05, 4.69) is 5.32 Å². The summed E-state index contributed by atoms with van der Waals surface area (Å²) in [6.45, 7) is 5.64. The number of aryl methyl sites for hydroxylation is 1. The molecule has 0 saturated heterocycles. The summed E-state index contributed by atoms with van der Waals surface area (Å²) in [5, 5.41) is 3.33. The lowest BCUT2D eigenvalue weighted by atomic mass is 10.0. The molecule has 5 nitrogen and oxygen atoms in total. The van der Waals surface area contributed by atoms with E-state index in [0.717, 1.165) is 12.0 Å². The highest BCUT2D eigenvalue weighted by molar-refractivity contribution is 5.84. The number of benzene rings is 2. The van der Waals surface area contributed by atoms with Crippen LogP contribution in [0.25, 0.3) is 22.1 Å². The van der Waals surface area contributed by atoms with Crippen LogP contribution in [0.3, 0.4) is 0 Å². The van der Waals surface area contributed by atoms with Gasteiger partial charge >= 0.3 is 0 Å². The number of amides is 1. The van der Waals surface area contributed by atoms with Gasteiger partial charge in [0.15, 0.2) is 6.61 Å². The Hall–Kier alpha value is -3.08. The van der Waals surface area contributed by atoms with Crippen LogP contribution in [-0.2, 0) is 4.79 Å². The lowest BCUT2D eigenvalue weighted by Crippen LogP contribution is -2.35. The number of fused-ring (bicyclic) bond motifs is 1. The van der Waals surface area contributed by atoms with Gasteiger partial charge in [0.1, 0.15) is 17.1 Å². The second-order valence-electron chi connectivity index (χ2n) is 6.55. The number of hydrogen-bond donors (Lipinski definition) is 1. The highest BCUT2D eigenvalue weighted by Crippen LogP contribution is 2.26. The second kappa shape index (κ2) is 8.08. The number of hydrogen-bond acceptors (Lipinski definition) is 4. The van der Waals surface area contributed by atoms with Crippen LogP contribution in [-0.4, -0.2) is 18.6 Å². The van der Waals surface area contributed by atoms with Gasteiger partial charge in [-0.1, -0.05) is 37.3 Å². The molecule has 1 atom stereocenters. The lowest BCUT2D eigenvalue weighted by molar-refractivity contribution is -0.123. The Kier molecular flexibility index (Phi) is 5.60. The minimum absolute atomic E-state index is 0.0822. The third-order valence-corrected chi connectivity index (χ3v) is 4.49. The molecule has 1 aromatic heterocycles. The van der Waals surface area contributed by atoms with Crippen molar-refractivity contribution in [3.8, 4) is 16.9 Å². The van der Waals surface area contributed by atoms with Crippen molar-refractivity contribution in [2.24, 2.45) is 0 Å². The summed E-state index contributed by atoms with van der Waals surface area (Å²) in [7, 11) is 0. The van der Waals surface area contributed by atoms with Gasteiger partial charge in [-0.2, -0.15) is 0 Å². The number of nitrogens with one attached hydrogen (secondary N) is 1. The Labute approximate surface area is 158 Å². The van der Waals surface area contributed by atoms with Gasteiger partial charge in [-0.3, -0.25) is 9.59 Å². The number of ether oxygens (including phenoxy) is 1. The molecule has 0 aliphatic carbocycles. The lowest BCUT2D eigenvalue weighted by Gasteiger charge is -2.12. The molecule has 0 saturated carbocycles. The highest BCUT2D eigenvalue weighted by Gasteiger charge is 2.14. The predicted molar refractivity (Wildman–Crippen MR) is 106 cm³/mol. The van der Waals surface area contributed by atoms with Crippen LogP contribution in [0.1, 0.15) is 26.0 Å². The molecule has 1 heterocycles. The van der Waals surface area contributed by atoms with Gasteiger partial charge < -0.3 is 14.5 Å². The molecule has 1 N–H and O–H groups in total. The van der Waals surface area contributed by atoms with E-state index in [-0.39, 0.29) is 24.0 Å². The molecule has 5 heteroatoms. The first-order chi connectivity index (χ1) is 13.0. The van der Waals surface area contributed by atoms with Crippen LogP contribution in [0.2, 0.25) is 0 Å². The summed E-state index contributed by atoms with van der Waals surface area (Å²) in [5.41, 5.74) is 1.75. The zero-order chi connectivity index (χ0) is 19.4. The molecule has 0 aliphatic rings. The normalized spacial score (nSPS) is 12.0. The number of carbonyl (C=O) groups excluding carboxylic acids is 1. The average molecular weight is 365 g/mol. The van der Waals surface area contributed by atoms with E-state index < -0.39 is 0 Å². The summed E-state index contributed by atoms with van der Waals surface area (Å²) in [4.78, 5) is 24.8. The van der Waals surface area contributed by atoms with E-state index in [9.17, 15) is 9.59 Å². The van der Waals surface area contributed by atoms with Crippen molar-refractivity contribution in [3.05, 3.63) is 64.5 Å². The Morgan fingerprint density at radius 1 is 1.19 bits per heavy atom. The summed E-state index contributed by atoms with van der Waals surface area (Å²) in [5.74, 6) is 0.851. The fraction of sp³-hybridized carbons (Fsp3) is 0.273. The second-order valence-corrected chi connectivity index (χ2v) is 6.55. The maximum Gasteiger partial charge on any atom is 0.258 e. The Bertz CT molecular complexity index is 1010. The van der Waals surface area contributed by atoms with E-state index in [1.165, 1.54) is 0 Å². The molecule has 0 bridgehead atoms. The largest absolute Gasteiger partial charge is 0.484 e. The summed E-state index contributed by atoms with van der Waals surface area (Å²) < 4.78 is 11.4. The molecule has 0 radical (unpaired) electrons. The van der Waals surface area contributed by atoms with E-state index >= 15 is 0 Å². The first-order valence-corrected chi connectivity index (χ1v) is 9.04. The Balaban J connectivity index is 1.87. The number of carbonyl (C=O) groups is 1. The average Bonchev–Trinajstić information content (AvgIpc) is 2.67. The van der Waals surface area contributed by atoms with Crippen molar-refractivity contribution in [3.63, 3.8) is 0 Å². The van der Waals surface area contributed by atoms with Gasteiger partial charge in [0, 0.05) is 12.1 Å². The monoisotopic (exact) mass is 365 g/mol. The zero-order valence-electron chi connectivity index (χ0n) is 15.7. The molecule has 140 valence electrons. The minimum atomic E-state index is -0.179. The molecule has 2 aromatic carbocycles. The summed E-state index contributed by atoms with van der Waals surface area (Å²) in [6.07, 6.45) is 0.857. The molecule has 0 fully saturated rings. The molecular formula is C22H23NO4. The summed E-state index contributed by atoms with van der Waals surface area (Å²) >= 11 is 0. The van der Waals surface area contributed by atoms with Gasteiger partial charge in [-0.15, -0.1) is 0 Å². The van der Waals surface area contributed by atoms with E-state index in [1.807, 2.05) is 44.2 Å². The molecule has 3 rings (SSSR count). The van der Waals surface area contributed by atoms with Gasteiger partial charge in [-0.25, -0.2) is 0 Å². The number of rotatable bonds is 6. The highest BCUT2D eigenvalue weighted by atomic mass is 16.5.